The molecule has 1 aromatic rings. The molecule has 0 spiro atoms. The van der Waals surface area contributed by atoms with Crippen LogP contribution in [0.3, 0.4) is 0 Å². The standard InChI is InChI=1S/C23H34N2O3S/c1-16(2)13-20-21(23(20,3)4)22(26)25(19-11-12-29(27,28)15-19)14-17-7-9-18(10-8-17)24(5)6/h7-10,13,19-21H,11-12,14-15H2,1-6H3. The van der Waals surface area contributed by atoms with Crippen molar-refractivity contribution < 1.29 is 13.2 Å². The fourth-order valence-corrected chi connectivity index (χ4v) is 6.23. The molecule has 0 N–H and O–H groups in total. The second-order valence-electron chi connectivity index (χ2n) is 9.65. The van der Waals surface area contributed by atoms with E-state index in [1.165, 1.54) is 5.57 Å². The summed E-state index contributed by atoms with van der Waals surface area (Å²) in [6.07, 6.45) is 2.72. The van der Waals surface area contributed by atoms with E-state index in [0.29, 0.717) is 13.0 Å². The van der Waals surface area contributed by atoms with Gasteiger partial charge in [-0.2, -0.15) is 0 Å². The summed E-state index contributed by atoms with van der Waals surface area (Å²) in [6.45, 7) is 8.85. The topological polar surface area (TPSA) is 57.7 Å². The van der Waals surface area contributed by atoms with Gasteiger partial charge in [0.2, 0.25) is 5.91 Å². The number of carbonyl (C=O) groups is 1. The first kappa shape index (κ1) is 21.9. The van der Waals surface area contributed by atoms with Crippen LogP contribution in [0.4, 0.5) is 5.69 Å². The molecule has 3 rings (SSSR count). The Balaban J connectivity index is 1.86. The number of amides is 1. The van der Waals surface area contributed by atoms with Crippen LogP contribution in [0.15, 0.2) is 35.9 Å². The Bertz CT molecular complexity index is 897. The average Bonchev–Trinajstić information content (AvgIpc) is 2.94. The highest BCUT2D eigenvalue weighted by atomic mass is 32.2. The summed E-state index contributed by atoms with van der Waals surface area (Å²) in [5, 5.41) is 0. The molecule has 0 aromatic heterocycles. The first-order valence-electron chi connectivity index (χ1n) is 10.3. The van der Waals surface area contributed by atoms with Crippen molar-refractivity contribution in [2.75, 3.05) is 30.5 Å². The van der Waals surface area contributed by atoms with Gasteiger partial charge < -0.3 is 9.80 Å². The van der Waals surface area contributed by atoms with Gasteiger partial charge in [-0.3, -0.25) is 4.79 Å². The Labute approximate surface area is 175 Å². The van der Waals surface area contributed by atoms with E-state index in [1.54, 1.807) is 0 Å². The van der Waals surface area contributed by atoms with Crippen LogP contribution >= 0.6 is 0 Å². The normalized spacial score (nSPS) is 26.6. The number of hydrogen-bond acceptors (Lipinski definition) is 4. The van der Waals surface area contributed by atoms with Crippen molar-refractivity contribution in [1.82, 2.24) is 4.90 Å². The van der Waals surface area contributed by atoms with Crippen LogP contribution < -0.4 is 4.90 Å². The molecule has 3 atom stereocenters. The van der Waals surface area contributed by atoms with Gasteiger partial charge in [0.25, 0.3) is 0 Å². The minimum atomic E-state index is -3.06. The highest BCUT2D eigenvalue weighted by molar-refractivity contribution is 7.91. The highest BCUT2D eigenvalue weighted by Gasteiger charge is 2.61. The summed E-state index contributed by atoms with van der Waals surface area (Å²) >= 11 is 0. The van der Waals surface area contributed by atoms with Crippen LogP contribution in [0.25, 0.3) is 0 Å². The van der Waals surface area contributed by atoms with Crippen molar-refractivity contribution in [3.63, 3.8) is 0 Å². The van der Waals surface area contributed by atoms with Gasteiger partial charge in [0, 0.05) is 32.4 Å². The fraction of sp³-hybridized carbons (Fsp3) is 0.609. The monoisotopic (exact) mass is 418 g/mol. The van der Waals surface area contributed by atoms with Crippen molar-refractivity contribution in [3.05, 3.63) is 41.5 Å². The molecule has 1 heterocycles. The lowest BCUT2D eigenvalue weighted by atomic mass is 10.1. The van der Waals surface area contributed by atoms with Gasteiger partial charge in [0.1, 0.15) is 0 Å². The number of rotatable bonds is 6. The number of anilines is 1. The van der Waals surface area contributed by atoms with Crippen LogP contribution in [0.1, 0.15) is 39.7 Å². The molecule has 29 heavy (non-hydrogen) atoms. The second kappa shape index (κ2) is 7.78. The van der Waals surface area contributed by atoms with E-state index in [4.69, 9.17) is 0 Å². The first-order chi connectivity index (χ1) is 13.4. The van der Waals surface area contributed by atoms with E-state index in [1.807, 2.05) is 48.2 Å². The largest absolute Gasteiger partial charge is 0.378 e. The summed E-state index contributed by atoms with van der Waals surface area (Å²) in [7, 11) is 0.922. The van der Waals surface area contributed by atoms with Crippen LogP contribution in [0, 0.1) is 17.3 Å². The maximum Gasteiger partial charge on any atom is 0.227 e. The lowest BCUT2D eigenvalue weighted by molar-refractivity contribution is -0.136. The molecule has 2 fully saturated rings. The number of hydrogen-bond donors (Lipinski definition) is 0. The van der Waals surface area contributed by atoms with Crippen LogP contribution in [0.5, 0.6) is 0 Å². The summed E-state index contributed by atoms with van der Waals surface area (Å²) in [6, 6.07) is 7.91. The predicted molar refractivity (Wildman–Crippen MR) is 119 cm³/mol. The van der Waals surface area contributed by atoms with E-state index < -0.39 is 9.84 Å². The summed E-state index contributed by atoms with van der Waals surface area (Å²) in [5.74, 6) is 0.483. The molecule has 6 heteroatoms. The number of sulfone groups is 1. The summed E-state index contributed by atoms with van der Waals surface area (Å²) in [5.41, 5.74) is 3.26. The summed E-state index contributed by atoms with van der Waals surface area (Å²) < 4.78 is 24.2. The SMILES string of the molecule is CC(C)=CC1C(C(=O)N(Cc2ccc(N(C)C)cc2)C2CCS(=O)(=O)C2)C1(C)C. The van der Waals surface area contributed by atoms with Gasteiger partial charge >= 0.3 is 0 Å². The van der Waals surface area contributed by atoms with Crippen molar-refractivity contribution in [2.24, 2.45) is 17.3 Å². The van der Waals surface area contributed by atoms with E-state index in [9.17, 15) is 13.2 Å². The molecule has 1 saturated heterocycles. The Morgan fingerprint density at radius 3 is 2.28 bits per heavy atom. The van der Waals surface area contributed by atoms with Crippen LogP contribution in [0.2, 0.25) is 0 Å². The van der Waals surface area contributed by atoms with E-state index >= 15 is 0 Å². The van der Waals surface area contributed by atoms with E-state index in [-0.39, 0.29) is 40.7 Å². The lowest BCUT2D eigenvalue weighted by Crippen LogP contribution is -2.42. The van der Waals surface area contributed by atoms with Crippen molar-refractivity contribution in [2.45, 2.75) is 46.7 Å². The molecule has 1 aromatic carbocycles. The molecule has 2 aliphatic rings. The molecule has 1 aliphatic heterocycles. The lowest BCUT2D eigenvalue weighted by Gasteiger charge is -2.29. The van der Waals surface area contributed by atoms with Crippen molar-refractivity contribution >= 4 is 21.4 Å². The van der Waals surface area contributed by atoms with Crippen LogP contribution in [-0.4, -0.2) is 50.9 Å². The van der Waals surface area contributed by atoms with Crippen molar-refractivity contribution in [1.29, 1.82) is 0 Å². The quantitative estimate of drug-likeness (QED) is 0.664. The fourth-order valence-electron chi connectivity index (χ4n) is 4.50. The van der Waals surface area contributed by atoms with Gasteiger partial charge in [0.05, 0.1) is 17.4 Å². The highest BCUT2D eigenvalue weighted by Crippen LogP contribution is 2.60. The minimum absolute atomic E-state index is 0.0784. The average molecular weight is 419 g/mol. The molecule has 1 aliphatic carbocycles. The summed E-state index contributed by atoms with van der Waals surface area (Å²) in [4.78, 5) is 17.5. The van der Waals surface area contributed by atoms with Crippen molar-refractivity contribution in [3.8, 4) is 0 Å². The number of benzene rings is 1. The number of carbonyl (C=O) groups excluding carboxylic acids is 1. The smallest absolute Gasteiger partial charge is 0.227 e. The molecule has 1 amide bonds. The Morgan fingerprint density at radius 2 is 1.79 bits per heavy atom. The molecule has 1 saturated carbocycles. The Kier molecular flexibility index (Phi) is 5.87. The van der Waals surface area contributed by atoms with E-state index in [0.717, 1.165) is 11.3 Å². The molecule has 3 unspecified atom stereocenters. The molecular formula is C23H34N2O3S. The molecule has 5 nitrogen and oxygen atoms in total. The third-order valence-electron chi connectivity index (χ3n) is 6.43. The third-order valence-corrected chi connectivity index (χ3v) is 8.18. The van der Waals surface area contributed by atoms with Gasteiger partial charge in [-0.05, 0) is 49.3 Å². The predicted octanol–water partition coefficient (Wildman–Crippen LogP) is 3.51. The zero-order valence-corrected chi connectivity index (χ0v) is 19.3. The maximum atomic E-state index is 13.6. The molecule has 0 bridgehead atoms. The van der Waals surface area contributed by atoms with E-state index in [2.05, 4.69) is 33.8 Å². The zero-order chi connectivity index (χ0) is 21.6. The minimum Gasteiger partial charge on any atom is -0.378 e. The number of allylic oxidation sites excluding steroid dienone is 2. The Hall–Kier alpha value is -1.82. The first-order valence-corrected chi connectivity index (χ1v) is 12.2. The zero-order valence-electron chi connectivity index (χ0n) is 18.5. The van der Waals surface area contributed by atoms with Crippen LogP contribution in [-0.2, 0) is 21.2 Å². The van der Waals surface area contributed by atoms with Gasteiger partial charge in [-0.1, -0.05) is 37.6 Å². The maximum absolute atomic E-state index is 13.6. The molecular weight excluding hydrogens is 384 g/mol. The van der Waals surface area contributed by atoms with Gasteiger partial charge in [0.15, 0.2) is 9.84 Å². The Morgan fingerprint density at radius 1 is 1.17 bits per heavy atom. The van der Waals surface area contributed by atoms with Gasteiger partial charge in [-0.25, -0.2) is 8.42 Å². The van der Waals surface area contributed by atoms with Gasteiger partial charge in [-0.15, -0.1) is 0 Å². The molecule has 160 valence electrons. The number of nitrogens with zero attached hydrogens (tertiary/aromatic N) is 2. The third kappa shape index (κ3) is 4.68. The second-order valence-corrected chi connectivity index (χ2v) is 11.9. The molecule has 0 radical (unpaired) electrons.